The molecule has 2 aromatic rings. The predicted molar refractivity (Wildman–Crippen MR) is 84.5 cm³/mol. The van der Waals surface area contributed by atoms with Crippen LogP contribution in [0.4, 0.5) is 10.1 Å². The topological polar surface area (TPSA) is 29.1 Å². The Labute approximate surface area is 129 Å². The number of amides is 1. The van der Waals surface area contributed by atoms with Crippen molar-refractivity contribution >= 4 is 39.3 Å². The number of rotatable bonds is 4. The Balaban J connectivity index is 1.96. The highest BCUT2D eigenvalue weighted by molar-refractivity contribution is 9.10. The van der Waals surface area contributed by atoms with Crippen molar-refractivity contribution in [2.45, 2.75) is 17.1 Å². The quantitative estimate of drug-likeness (QED) is 0.806. The van der Waals surface area contributed by atoms with Crippen molar-refractivity contribution in [2.24, 2.45) is 0 Å². The van der Waals surface area contributed by atoms with Crippen molar-refractivity contribution < 1.29 is 9.18 Å². The van der Waals surface area contributed by atoms with Crippen LogP contribution in [0.2, 0.25) is 0 Å². The molecule has 0 radical (unpaired) electrons. The highest BCUT2D eigenvalue weighted by Crippen LogP contribution is 2.24. The third-order valence-corrected chi connectivity index (χ3v) is 4.19. The molecule has 2 rings (SSSR count). The number of carbonyl (C=O) groups excluding carboxylic acids is 1. The van der Waals surface area contributed by atoms with Crippen molar-refractivity contribution in [3.63, 3.8) is 0 Å². The molecule has 0 aliphatic rings. The van der Waals surface area contributed by atoms with E-state index in [1.165, 1.54) is 23.9 Å². The summed E-state index contributed by atoms with van der Waals surface area (Å²) in [6, 6.07) is 13.5. The number of halogens is 2. The van der Waals surface area contributed by atoms with E-state index in [9.17, 15) is 9.18 Å². The first kappa shape index (κ1) is 15.1. The molecule has 0 aromatic heterocycles. The van der Waals surface area contributed by atoms with Crippen molar-refractivity contribution in [1.82, 2.24) is 0 Å². The zero-order chi connectivity index (χ0) is 14.5. The van der Waals surface area contributed by atoms with Crippen LogP contribution in [0.5, 0.6) is 0 Å². The fourth-order valence-electron chi connectivity index (χ4n) is 1.58. The molecule has 0 heterocycles. The van der Waals surface area contributed by atoms with Gasteiger partial charge in [-0.15, -0.1) is 11.8 Å². The molecular formula is C15H13BrFNOS. The van der Waals surface area contributed by atoms with Crippen LogP contribution in [0.25, 0.3) is 0 Å². The molecule has 0 bridgehead atoms. The van der Waals surface area contributed by atoms with Gasteiger partial charge >= 0.3 is 0 Å². The van der Waals surface area contributed by atoms with Gasteiger partial charge < -0.3 is 5.32 Å². The molecule has 0 fully saturated rings. The number of thioether (sulfide) groups is 1. The van der Waals surface area contributed by atoms with Crippen LogP contribution in [0.3, 0.4) is 0 Å². The molecule has 5 heteroatoms. The second kappa shape index (κ2) is 6.90. The van der Waals surface area contributed by atoms with Crippen LogP contribution in [0.1, 0.15) is 6.92 Å². The monoisotopic (exact) mass is 353 g/mol. The Morgan fingerprint density at radius 2 is 1.95 bits per heavy atom. The highest BCUT2D eigenvalue weighted by atomic mass is 79.9. The lowest BCUT2D eigenvalue weighted by atomic mass is 10.3. The predicted octanol–water partition coefficient (Wildman–Crippen LogP) is 4.71. The Morgan fingerprint density at radius 3 is 2.60 bits per heavy atom. The van der Waals surface area contributed by atoms with E-state index in [0.717, 1.165) is 15.1 Å². The maximum Gasteiger partial charge on any atom is 0.237 e. The first-order valence-corrected chi connectivity index (χ1v) is 7.70. The Kier molecular flexibility index (Phi) is 5.20. The lowest BCUT2D eigenvalue weighted by molar-refractivity contribution is -0.115. The minimum Gasteiger partial charge on any atom is -0.325 e. The fourth-order valence-corrected chi connectivity index (χ4v) is 2.85. The van der Waals surface area contributed by atoms with Crippen LogP contribution in [-0.2, 0) is 4.79 Å². The molecule has 20 heavy (non-hydrogen) atoms. The highest BCUT2D eigenvalue weighted by Gasteiger charge is 2.14. The molecule has 2 nitrogen and oxygen atoms in total. The maximum atomic E-state index is 12.8. The molecule has 0 aliphatic carbocycles. The third kappa shape index (κ3) is 4.35. The van der Waals surface area contributed by atoms with Crippen molar-refractivity contribution in [1.29, 1.82) is 0 Å². The number of hydrogen-bond acceptors (Lipinski definition) is 2. The van der Waals surface area contributed by atoms with Gasteiger partial charge in [-0.05, 0) is 49.4 Å². The smallest absolute Gasteiger partial charge is 0.237 e. The van der Waals surface area contributed by atoms with E-state index in [0.29, 0.717) is 0 Å². The van der Waals surface area contributed by atoms with E-state index in [1.54, 1.807) is 12.1 Å². The van der Waals surface area contributed by atoms with Crippen LogP contribution in [0, 0.1) is 5.82 Å². The second-order valence-electron chi connectivity index (χ2n) is 4.21. The summed E-state index contributed by atoms with van der Waals surface area (Å²) in [6.07, 6.45) is 0. The maximum absolute atomic E-state index is 12.8. The summed E-state index contributed by atoms with van der Waals surface area (Å²) in [5.74, 6) is -0.363. The SMILES string of the molecule is C[C@H](Sc1ccc(F)cc1)C(=O)Nc1cccc(Br)c1. The van der Waals surface area contributed by atoms with Crippen LogP contribution in [0.15, 0.2) is 57.9 Å². The molecule has 1 amide bonds. The first-order chi connectivity index (χ1) is 9.54. The summed E-state index contributed by atoms with van der Waals surface area (Å²) in [5.41, 5.74) is 0.746. The van der Waals surface area contributed by atoms with Crippen LogP contribution in [-0.4, -0.2) is 11.2 Å². The molecule has 1 atom stereocenters. The summed E-state index contributed by atoms with van der Waals surface area (Å²) in [7, 11) is 0. The lowest BCUT2D eigenvalue weighted by Crippen LogP contribution is -2.22. The van der Waals surface area contributed by atoms with E-state index in [4.69, 9.17) is 0 Å². The third-order valence-electron chi connectivity index (χ3n) is 2.59. The zero-order valence-electron chi connectivity index (χ0n) is 10.8. The van der Waals surface area contributed by atoms with Gasteiger partial charge in [0.2, 0.25) is 5.91 Å². The Morgan fingerprint density at radius 1 is 1.25 bits per heavy atom. The molecule has 0 spiro atoms. The van der Waals surface area contributed by atoms with Gasteiger partial charge in [0.15, 0.2) is 0 Å². The van der Waals surface area contributed by atoms with Gasteiger partial charge in [-0.25, -0.2) is 4.39 Å². The van der Waals surface area contributed by atoms with Crippen molar-refractivity contribution in [3.8, 4) is 0 Å². The standard InChI is InChI=1S/C15H13BrFNOS/c1-10(20-14-7-5-12(17)6-8-14)15(19)18-13-4-2-3-11(16)9-13/h2-10H,1H3,(H,18,19)/t10-/m0/s1. The lowest BCUT2D eigenvalue weighted by Gasteiger charge is -2.12. The second-order valence-corrected chi connectivity index (χ2v) is 6.54. The van der Waals surface area contributed by atoms with E-state index < -0.39 is 0 Å². The first-order valence-electron chi connectivity index (χ1n) is 6.03. The number of benzene rings is 2. The number of carbonyl (C=O) groups is 1. The van der Waals surface area contributed by atoms with Gasteiger partial charge in [-0.3, -0.25) is 4.79 Å². The van der Waals surface area contributed by atoms with Crippen molar-refractivity contribution in [2.75, 3.05) is 5.32 Å². The molecule has 0 saturated heterocycles. The average molecular weight is 354 g/mol. The molecule has 0 unspecified atom stereocenters. The normalized spacial score (nSPS) is 11.9. The van der Waals surface area contributed by atoms with Crippen LogP contribution >= 0.6 is 27.7 Å². The molecular weight excluding hydrogens is 341 g/mol. The number of nitrogens with one attached hydrogen (secondary N) is 1. The molecule has 0 saturated carbocycles. The Bertz CT molecular complexity index is 603. The summed E-state index contributed by atoms with van der Waals surface area (Å²) in [4.78, 5) is 12.9. The number of anilines is 1. The molecule has 104 valence electrons. The molecule has 1 N–H and O–H groups in total. The molecule has 2 aromatic carbocycles. The van der Waals surface area contributed by atoms with Gasteiger partial charge in [0.25, 0.3) is 0 Å². The minimum atomic E-state index is -0.277. The van der Waals surface area contributed by atoms with E-state index in [2.05, 4.69) is 21.2 Å². The zero-order valence-corrected chi connectivity index (χ0v) is 13.2. The Hall–Kier alpha value is -1.33. The van der Waals surface area contributed by atoms with Crippen molar-refractivity contribution in [3.05, 3.63) is 58.8 Å². The van der Waals surface area contributed by atoms with Gasteiger partial charge in [0.1, 0.15) is 5.82 Å². The largest absolute Gasteiger partial charge is 0.325 e. The average Bonchev–Trinajstić information content (AvgIpc) is 2.41. The van der Waals surface area contributed by atoms with Crippen LogP contribution < -0.4 is 5.32 Å². The van der Waals surface area contributed by atoms with Gasteiger partial charge in [0.05, 0.1) is 5.25 Å². The molecule has 0 aliphatic heterocycles. The van der Waals surface area contributed by atoms with E-state index >= 15 is 0 Å². The summed E-state index contributed by atoms with van der Waals surface area (Å²) in [5, 5.41) is 2.59. The summed E-state index contributed by atoms with van der Waals surface area (Å²) >= 11 is 4.75. The van der Waals surface area contributed by atoms with Gasteiger partial charge in [-0.2, -0.15) is 0 Å². The summed E-state index contributed by atoms with van der Waals surface area (Å²) in [6.45, 7) is 1.82. The van der Waals surface area contributed by atoms with Gasteiger partial charge in [0, 0.05) is 15.1 Å². The van der Waals surface area contributed by atoms with E-state index in [-0.39, 0.29) is 17.0 Å². The minimum absolute atomic E-state index is 0.0857. The van der Waals surface area contributed by atoms with Gasteiger partial charge in [-0.1, -0.05) is 22.0 Å². The number of hydrogen-bond donors (Lipinski definition) is 1. The summed E-state index contributed by atoms with van der Waals surface area (Å²) < 4.78 is 13.7. The fraction of sp³-hybridized carbons (Fsp3) is 0.133. The van der Waals surface area contributed by atoms with E-state index in [1.807, 2.05) is 31.2 Å².